The molecule has 3 aromatic rings. The zero-order valence-corrected chi connectivity index (χ0v) is 13.9. The lowest BCUT2D eigenvalue weighted by atomic mass is 10.2. The summed E-state index contributed by atoms with van der Waals surface area (Å²) in [5, 5.41) is 3.49. The van der Waals surface area contributed by atoms with E-state index in [1.165, 1.54) is 0 Å². The molecule has 0 saturated heterocycles. The van der Waals surface area contributed by atoms with Crippen LogP contribution in [-0.2, 0) is 17.5 Å². The maximum Gasteiger partial charge on any atom is 0.416 e. The van der Waals surface area contributed by atoms with E-state index in [0.717, 1.165) is 34.7 Å². The molecule has 25 heavy (non-hydrogen) atoms. The second kappa shape index (κ2) is 6.44. The summed E-state index contributed by atoms with van der Waals surface area (Å²) < 4.78 is 40.1. The average molecular weight is 367 g/mol. The summed E-state index contributed by atoms with van der Waals surface area (Å²) >= 11 is 5.90. The molecule has 3 nitrogen and oxygen atoms in total. The van der Waals surface area contributed by atoms with Crippen LogP contribution >= 0.6 is 11.6 Å². The summed E-state index contributed by atoms with van der Waals surface area (Å²) in [4.78, 5) is 12.2. The number of benzene rings is 2. The van der Waals surface area contributed by atoms with Gasteiger partial charge in [-0.15, -0.1) is 0 Å². The molecule has 0 unspecified atom stereocenters. The fourth-order valence-electron chi connectivity index (χ4n) is 2.60. The van der Waals surface area contributed by atoms with Gasteiger partial charge < -0.3 is 9.88 Å². The number of hydrogen-bond acceptors (Lipinski definition) is 1. The third-order valence-electron chi connectivity index (χ3n) is 3.81. The van der Waals surface area contributed by atoms with Crippen molar-refractivity contribution in [3.63, 3.8) is 0 Å². The molecule has 0 aliphatic rings. The molecule has 3 rings (SSSR count). The van der Waals surface area contributed by atoms with Gasteiger partial charge in [0.2, 0.25) is 5.91 Å². The molecule has 0 aliphatic heterocycles. The Morgan fingerprint density at radius 2 is 1.92 bits per heavy atom. The lowest BCUT2D eigenvalue weighted by Crippen LogP contribution is -2.19. The number of hydrogen-bond donors (Lipinski definition) is 1. The van der Waals surface area contributed by atoms with Gasteiger partial charge in [-0.05, 0) is 48.7 Å². The molecule has 0 fully saturated rings. The number of alkyl halides is 3. The van der Waals surface area contributed by atoms with E-state index in [1.54, 1.807) is 10.8 Å². The maximum absolute atomic E-state index is 12.8. The third-order valence-corrected chi connectivity index (χ3v) is 4.14. The lowest BCUT2D eigenvalue weighted by molar-refractivity contribution is -0.137. The molecule has 0 aliphatic carbocycles. The van der Waals surface area contributed by atoms with Crippen LogP contribution in [0.1, 0.15) is 11.1 Å². The van der Waals surface area contributed by atoms with Gasteiger partial charge in [0.1, 0.15) is 6.54 Å². The normalized spacial score (nSPS) is 11.7. The number of rotatable bonds is 3. The van der Waals surface area contributed by atoms with Crippen molar-refractivity contribution >= 4 is 34.1 Å². The summed E-state index contributed by atoms with van der Waals surface area (Å²) in [7, 11) is 0. The van der Waals surface area contributed by atoms with Crippen molar-refractivity contribution in [1.29, 1.82) is 0 Å². The fraction of sp³-hybridized carbons (Fsp3) is 0.167. The zero-order valence-electron chi connectivity index (χ0n) is 13.2. The number of aromatic nitrogens is 1. The number of nitrogens with one attached hydrogen (secondary N) is 1. The van der Waals surface area contributed by atoms with Gasteiger partial charge in [-0.25, -0.2) is 0 Å². The first-order chi connectivity index (χ1) is 11.7. The molecule has 0 atom stereocenters. The van der Waals surface area contributed by atoms with E-state index in [9.17, 15) is 18.0 Å². The van der Waals surface area contributed by atoms with E-state index >= 15 is 0 Å². The van der Waals surface area contributed by atoms with Crippen LogP contribution in [0, 0.1) is 6.92 Å². The van der Waals surface area contributed by atoms with Crippen LogP contribution in [0.25, 0.3) is 10.9 Å². The van der Waals surface area contributed by atoms with Gasteiger partial charge >= 0.3 is 6.18 Å². The Bertz CT molecular complexity index is 947. The Hall–Kier alpha value is -2.47. The Morgan fingerprint density at radius 3 is 2.64 bits per heavy atom. The minimum Gasteiger partial charge on any atom is -0.338 e. The quantitative estimate of drug-likeness (QED) is 0.674. The highest BCUT2D eigenvalue weighted by Crippen LogP contribution is 2.33. The summed E-state index contributed by atoms with van der Waals surface area (Å²) in [5.74, 6) is -0.459. The standard InChI is InChI=1S/C18H14ClF3N2O/c1-11-2-5-16-12(8-11)6-7-24(16)10-17(25)23-15-9-13(18(20,21)22)3-4-14(15)19/h2-9H,10H2,1H3,(H,23,25). The number of carbonyl (C=O) groups excluding carboxylic acids is 1. The van der Waals surface area contributed by atoms with Crippen molar-refractivity contribution in [1.82, 2.24) is 4.57 Å². The van der Waals surface area contributed by atoms with Crippen molar-refractivity contribution in [2.24, 2.45) is 0 Å². The van der Waals surface area contributed by atoms with E-state index in [0.29, 0.717) is 0 Å². The first-order valence-electron chi connectivity index (χ1n) is 7.46. The van der Waals surface area contributed by atoms with Gasteiger partial charge in [0.25, 0.3) is 0 Å². The van der Waals surface area contributed by atoms with Crippen molar-refractivity contribution in [2.45, 2.75) is 19.6 Å². The molecule has 0 radical (unpaired) electrons. The predicted molar refractivity (Wildman–Crippen MR) is 91.8 cm³/mol. The van der Waals surface area contributed by atoms with Crippen LogP contribution in [0.15, 0.2) is 48.7 Å². The minimum absolute atomic E-state index is 0.0286. The largest absolute Gasteiger partial charge is 0.416 e. The number of fused-ring (bicyclic) bond motifs is 1. The molecule has 2 aromatic carbocycles. The SMILES string of the molecule is Cc1ccc2c(ccn2CC(=O)Nc2cc(C(F)(F)F)ccc2Cl)c1. The van der Waals surface area contributed by atoms with E-state index in [1.807, 2.05) is 31.2 Å². The summed E-state index contributed by atoms with van der Waals surface area (Å²) in [5.41, 5.74) is 1.05. The van der Waals surface area contributed by atoms with Crippen LogP contribution in [0.5, 0.6) is 0 Å². The highest BCUT2D eigenvalue weighted by atomic mass is 35.5. The van der Waals surface area contributed by atoms with Crippen LogP contribution in [0.4, 0.5) is 18.9 Å². The van der Waals surface area contributed by atoms with Crippen molar-refractivity contribution in [2.75, 3.05) is 5.32 Å². The molecule has 0 spiro atoms. The molecule has 7 heteroatoms. The zero-order chi connectivity index (χ0) is 18.2. The van der Waals surface area contributed by atoms with Gasteiger partial charge in [-0.3, -0.25) is 4.79 Å². The van der Waals surface area contributed by atoms with Crippen molar-refractivity contribution in [3.05, 3.63) is 64.8 Å². The van der Waals surface area contributed by atoms with Crippen LogP contribution in [0.3, 0.4) is 0 Å². The molecule has 0 bridgehead atoms. The number of amides is 1. The Morgan fingerprint density at radius 1 is 1.16 bits per heavy atom. The monoisotopic (exact) mass is 366 g/mol. The van der Waals surface area contributed by atoms with Crippen LogP contribution in [0.2, 0.25) is 5.02 Å². The second-order valence-corrected chi connectivity index (χ2v) is 6.15. The molecule has 1 amide bonds. The Kier molecular flexibility index (Phi) is 4.47. The summed E-state index contributed by atoms with van der Waals surface area (Å²) in [6, 6.07) is 10.5. The number of aryl methyl sites for hydroxylation is 1. The van der Waals surface area contributed by atoms with Crippen LogP contribution < -0.4 is 5.32 Å². The minimum atomic E-state index is -4.50. The average Bonchev–Trinajstić information content (AvgIpc) is 2.90. The number of nitrogens with zero attached hydrogens (tertiary/aromatic N) is 1. The maximum atomic E-state index is 12.8. The first-order valence-corrected chi connectivity index (χ1v) is 7.84. The van der Waals surface area contributed by atoms with E-state index < -0.39 is 17.6 Å². The molecule has 1 heterocycles. The van der Waals surface area contributed by atoms with E-state index in [-0.39, 0.29) is 17.3 Å². The van der Waals surface area contributed by atoms with Crippen molar-refractivity contribution < 1.29 is 18.0 Å². The second-order valence-electron chi connectivity index (χ2n) is 5.75. The van der Waals surface area contributed by atoms with Crippen LogP contribution in [-0.4, -0.2) is 10.5 Å². The molecular weight excluding hydrogens is 353 g/mol. The van der Waals surface area contributed by atoms with Gasteiger partial charge in [-0.2, -0.15) is 13.2 Å². The molecule has 1 N–H and O–H groups in total. The number of halogens is 4. The Balaban J connectivity index is 1.80. The first kappa shape index (κ1) is 17.4. The number of carbonyl (C=O) groups is 1. The fourth-order valence-corrected chi connectivity index (χ4v) is 2.76. The van der Waals surface area contributed by atoms with E-state index in [2.05, 4.69) is 5.32 Å². The highest BCUT2D eigenvalue weighted by molar-refractivity contribution is 6.33. The number of anilines is 1. The molecule has 0 saturated carbocycles. The Labute approximate surface area is 147 Å². The lowest BCUT2D eigenvalue weighted by Gasteiger charge is -2.12. The highest BCUT2D eigenvalue weighted by Gasteiger charge is 2.31. The van der Waals surface area contributed by atoms with Gasteiger partial charge in [0.15, 0.2) is 0 Å². The van der Waals surface area contributed by atoms with E-state index in [4.69, 9.17) is 11.6 Å². The smallest absolute Gasteiger partial charge is 0.338 e. The molecule has 130 valence electrons. The predicted octanol–water partition coefficient (Wildman–Crippen LogP) is 5.26. The van der Waals surface area contributed by atoms with Gasteiger partial charge in [0.05, 0.1) is 16.3 Å². The third kappa shape index (κ3) is 3.79. The van der Waals surface area contributed by atoms with Gasteiger partial charge in [-0.1, -0.05) is 23.2 Å². The van der Waals surface area contributed by atoms with Gasteiger partial charge in [0, 0.05) is 11.7 Å². The van der Waals surface area contributed by atoms with Crippen molar-refractivity contribution in [3.8, 4) is 0 Å². The topological polar surface area (TPSA) is 34.0 Å². The summed E-state index contributed by atoms with van der Waals surface area (Å²) in [6.45, 7) is 1.94. The molecular formula is C18H14ClF3N2O. The molecule has 1 aromatic heterocycles. The summed E-state index contributed by atoms with van der Waals surface area (Å²) in [6.07, 6.45) is -2.74.